The van der Waals surface area contributed by atoms with Gasteiger partial charge in [0.05, 0.1) is 24.3 Å². The van der Waals surface area contributed by atoms with Crippen LogP contribution in [0.5, 0.6) is 0 Å². The maximum Gasteiger partial charge on any atom is 0.177 e. The number of nitrogens with zero attached hydrogens (tertiary/aromatic N) is 3. The molecule has 0 unspecified atom stereocenters. The molecule has 102 valence electrons. The highest BCUT2D eigenvalue weighted by molar-refractivity contribution is 9.10. The monoisotopic (exact) mass is 324 g/mol. The van der Waals surface area contributed by atoms with Gasteiger partial charge in [-0.25, -0.2) is 9.97 Å². The van der Waals surface area contributed by atoms with E-state index < -0.39 is 0 Å². The molecule has 0 radical (unpaired) electrons. The summed E-state index contributed by atoms with van der Waals surface area (Å²) in [6.45, 7) is 6.92. The van der Waals surface area contributed by atoms with Crippen molar-refractivity contribution in [3.8, 4) is 0 Å². The van der Waals surface area contributed by atoms with Crippen molar-refractivity contribution in [2.24, 2.45) is 0 Å². The van der Waals surface area contributed by atoms with Crippen LogP contribution in [0.15, 0.2) is 16.7 Å². The van der Waals surface area contributed by atoms with E-state index in [1.54, 1.807) is 6.20 Å². The molecule has 2 atom stereocenters. The predicted octanol–water partition coefficient (Wildman–Crippen LogP) is 2.33. The number of morpholine rings is 1. The SMILES string of the molecule is C[C@@H]1CN(Cc2nc3ncc(Br)cc3[nH]2)C[C@@H](C)O1. The molecular weight excluding hydrogens is 308 g/mol. The van der Waals surface area contributed by atoms with Gasteiger partial charge in [-0.05, 0) is 35.8 Å². The Balaban J connectivity index is 1.77. The van der Waals surface area contributed by atoms with Crippen LogP contribution in [0.4, 0.5) is 0 Å². The normalized spacial score (nSPS) is 25.0. The lowest BCUT2D eigenvalue weighted by atomic mass is 10.2. The Morgan fingerprint density at radius 3 is 2.89 bits per heavy atom. The zero-order valence-electron chi connectivity index (χ0n) is 11.1. The Hall–Kier alpha value is -0.980. The maximum atomic E-state index is 5.74. The number of fused-ring (bicyclic) bond motifs is 1. The third-order valence-corrected chi connectivity index (χ3v) is 3.66. The first-order valence-electron chi connectivity index (χ1n) is 6.48. The maximum absolute atomic E-state index is 5.74. The van der Waals surface area contributed by atoms with Crippen molar-refractivity contribution in [3.63, 3.8) is 0 Å². The van der Waals surface area contributed by atoms with Gasteiger partial charge in [0, 0.05) is 23.8 Å². The number of ether oxygens (including phenoxy) is 1. The first kappa shape index (κ1) is 13.0. The van der Waals surface area contributed by atoms with Gasteiger partial charge in [0.15, 0.2) is 5.65 Å². The smallest absolute Gasteiger partial charge is 0.177 e. The highest BCUT2D eigenvalue weighted by atomic mass is 79.9. The number of rotatable bonds is 2. The molecule has 2 aromatic heterocycles. The number of imidazole rings is 1. The predicted molar refractivity (Wildman–Crippen MR) is 76.9 cm³/mol. The van der Waals surface area contributed by atoms with E-state index in [-0.39, 0.29) is 12.2 Å². The van der Waals surface area contributed by atoms with Crippen LogP contribution in [0.25, 0.3) is 11.2 Å². The van der Waals surface area contributed by atoms with Crippen LogP contribution in [0.3, 0.4) is 0 Å². The Bertz CT molecular complexity index is 575. The van der Waals surface area contributed by atoms with Gasteiger partial charge in [-0.2, -0.15) is 0 Å². The number of aromatic nitrogens is 3. The van der Waals surface area contributed by atoms with Crippen LogP contribution in [0.1, 0.15) is 19.7 Å². The average molecular weight is 325 g/mol. The molecule has 0 spiro atoms. The van der Waals surface area contributed by atoms with E-state index in [2.05, 4.69) is 49.6 Å². The highest BCUT2D eigenvalue weighted by Crippen LogP contribution is 2.17. The van der Waals surface area contributed by atoms with E-state index in [0.29, 0.717) is 0 Å². The van der Waals surface area contributed by atoms with Gasteiger partial charge in [0.2, 0.25) is 0 Å². The summed E-state index contributed by atoms with van der Waals surface area (Å²) in [5.41, 5.74) is 1.74. The number of halogens is 1. The summed E-state index contributed by atoms with van der Waals surface area (Å²) in [6, 6.07) is 2.00. The summed E-state index contributed by atoms with van der Waals surface area (Å²) >= 11 is 3.42. The molecule has 0 saturated carbocycles. The van der Waals surface area contributed by atoms with Crippen molar-refractivity contribution >= 4 is 27.1 Å². The Kier molecular flexibility index (Phi) is 3.56. The van der Waals surface area contributed by atoms with Crippen LogP contribution in [-0.4, -0.2) is 45.1 Å². The Morgan fingerprint density at radius 1 is 1.42 bits per heavy atom. The molecule has 0 aliphatic carbocycles. The third kappa shape index (κ3) is 2.96. The summed E-state index contributed by atoms with van der Waals surface area (Å²) in [4.78, 5) is 14.5. The summed E-state index contributed by atoms with van der Waals surface area (Å²) in [5.74, 6) is 0.960. The topological polar surface area (TPSA) is 54.0 Å². The minimum Gasteiger partial charge on any atom is -0.373 e. The van der Waals surface area contributed by atoms with E-state index in [0.717, 1.165) is 41.1 Å². The minimum absolute atomic E-state index is 0.278. The zero-order valence-corrected chi connectivity index (χ0v) is 12.6. The number of hydrogen-bond donors (Lipinski definition) is 1. The van der Waals surface area contributed by atoms with E-state index >= 15 is 0 Å². The van der Waals surface area contributed by atoms with Crippen LogP contribution in [-0.2, 0) is 11.3 Å². The van der Waals surface area contributed by atoms with Crippen molar-refractivity contribution in [3.05, 3.63) is 22.6 Å². The lowest BCUT2D eigenvalue weighted by molar-refractivity contribution is -0.0710. The van der Waals surface area contributed by atoms with Crippen molar-refractivity contribution < 1.29 is 4.74 Å². The largest absolute Gasteiger partial charge is 0.373 e. The lowest BCUT2D eigenvalue weighted by Gasteiger charge is -2.34. The molecule has 1 aliphatic heterocycles. The first-order valence-corrected chi connectivity index (χ1v) is 7.27. The molecule has 19 heavy (non-hydrogen) atoms. The summed E-state index contributed by atoms with van der Waals surface area (Å²) in [5, 5.41) is 0. The Morgan fingerprint density at radius 2 is 2.16 bits per heavy atom. The van der Waals surface area contributed by atoms with Gasteiger partial charge in [-0.1, -0.05) is 0 Å². The first-order chi connectivity index (χ1) is 9.10. The number of pyridine rings is 1. The number of hydrogen-bond acceptors (Lipinski definition) is 4. The van der Waals surface area contributed by atoms with E-state index in [4.69, 9.17) is 4.74 Å². The van der Waals surface area contributed by atoms with E-state index in [9.17, 15) is 0 Å². The molecular formula is C13H17BrN4O. The van der Waals surface area contributed by atoms with Crippen LogP contribution in [0.2, 0.25) is 0 Å². The molecule has 1 aliphatic rings. The lowest BCUT2D eigenvalue weighted by Crippen LogP contribution is -2.44. The molecule has 1 fully saturated rings. The van der Waals surface area contributed by atoms with Gasteiger partial charge in [-0.15, -0.1) is 0 Å². The van der Waals surface area contributed by atoms with Crippen molar-refractivity contribution in [2.45, 2.75) is 32.6 Å². The molecule has 6 heteroatoms. The summed E-state index contributed by atoms with van der Waals surface area (Å²) < 4.78 is 6.70. The molecule has 0 bridgehead atoms. The molecule has 5 nitrogen and oxygen atoms in total. The number of H-pyrrole nitrogens is 1. The fourth-order valence-electron chi connectivity index (χ4n) is 2.62. The fraction of sp³-hybridized carbons (Fsp3) is 0.538. The zero-order chi connectivity index (χ0) is 13.4. The van der Waals surface area contributed by atoms with Crippen molar-refractivity contribution in [1.29, 1.82) is 0 Å². The number of nitrogens with one attached hydrogen (secondary N) is 1. The molecule has 3 rings (SSSR count). The second-order valence-electron chi connectivity index (χ2n) is 5.16. The molecule has 1 N–H and O–H groups in total. The third-order valence-electron chi connectivity index (χ3n) is 3.22. The van der Waals surface area contributed by atoms with Gasteiger partial charge in [0.25, 0.3) is 0 Å². The molecule has 0 aromatic carbocycles. The van der Waals surface area contributed by atoms with Gasteiger partial charge in [-0.3, -0.25) is 4.90 Å². The summed E-state index contributed by atoms with van der Waals surface area (Å²) in [7, 11) is 0. The molecule has 0 amide bonds. The van der Waals surface area contributed by atoms with Crippen molar-refractivity contribution in [2.75, 3.05) is 13.1 Å². The quantitative estimate of drug-likeness (QED) is 0.921. The highest BCUT2D eigenvalue weighted by Gasteiger charge is 2.22. The van der Waals surface area contributed by atoms with Gasteiger partial charge in [0.1, 0.15) is 5.82 Å². The second kappa shape index (κ2) is 5.19. The van der Waals surface area contributed by atoms with Crippen molar-refractivity contribution in [1.82, 2.24) is 19.9 Å². The summed E-state index contributed by atoms with van der Waals surface area (Å²) in [6.07, 6.45) is 2.33. The Labute approximate surface area is 120 Å². The molecule has 2 aromatic rings. The van der Waals surface area contributed by atoms with E-state index in [1.807, 2.05) is 6.07 Å². The van der Waals surface area contributed by atoms with Crippen LogP contribution in [0, 0.1) is 0 Å². The van der Waals surface area contributed by atoms with Crippen LogP contribution < -0.4 is 0 Å². The minimum atomic E-state index is 0.278. The van der Waals surface area contributed by atoms with Gasteiger partial charge >= 0.3 is 0 Å². The van der Waals surface area contributed by atoms with Crippen LogP contribution >= 0.6 is 15.9 Å². The van der Waals surface area contributed by atoms with E-state index in [1.165, 1.54) is 0 Å². The number of aromatic amines is 1. The molecule has 1 saturated heterocycles. The molecule has 3 heterocycles. The second-order valence-corrected chi connectivity index (χ2v) is 6.08. The van der Waals surface area contributed by atoms with Gasteiger partial charge < -0.3 is 9.72 Å². The average Bonchev–Trinajstić information content (AvgIpc) is 2.68. The standard InChI is InChI=1S/C13H17BrN4O/c1-8-5-18(6-9(2)19-8)7-12-16-11-3-10(14)4-15-13(11)17-12/h3-4,8-9H,5-7H2,1-2H3,(H,15,16,17)/t8-,9-/m1/s1. The fourth-order valence-corrected chi connectivity index (χ4v) is 2.96.